The average Bonchev–Trinajstić information content (AvgIpc) is 3.31. The largest absolute Gasteiger partial charge is 0.494 e. The molecular weight excluding hydrogens is 472 g/mol. The molecule has 0 amide bonds. The van der Waals surface area contributed by atoms with Crippen LogP contribution in [0.4, 0.5) is 23.0 Å². The van der Waals surface area contributed by atoms with Gasteiger partial charge in [-0.3, -0.25) is 10.1 Å². The van der Waals surface area contributed by atoms with Gasteiger partial charge in [-0.25, -0.2) is 15.0 Å². The lowest BCUT2D eigenvalue weighted by atomic mass is 10.1. The SMILES string of the molecule is COc1cc(N(C)CCN(C)C)c([N+](=O)[O-])cc1Nc1nccc(-c2ccc3ncn(C(C)C)c3c2)n1. The Hall–Kier alpha value is -4.25. The third kappa shape index (κ3) is 5.61. The summed E-state index contributed by atoms with van der Waals surface area (Å²) >= 11 is 0. The molecule has 4 aromatic rings. The Morgan fingerprint density at radius 3 is 2.57 bits per heavy atom. The highest BCUT2D eigenvalue weighted by atomic mass is 16.6. The fourth-order valence-electron chi connectivity index (χ4n) is 4.04. The van der Waals surface area contributed by atoms with Gasteiger partial charge in [0.05, 0.1) is 40.8 Å². The first-order chi connectivity index (χ1) is 17.7. The van der Waals surface area contributed by atoms with Crippen LogP contribution in [-0.4, -0.2) is 70.7 Å². The van der Waals surface area contributed by atoms with Crippen molar-refractivity contribution in [2.75, 3.05) is 51.6 Å². The van der Waals surface area contributed by atoms with E-state index in [4.69, 9.17) is 4.74 Å². The maximum absolute atomic E-state index is 11.9. The smallest absolute Gasteiger partial charge is 0.294 e. The molecular formula is C26H32N8O3. The number of imidazole rings is 1. The van der Waals surface area contributed by atoms with Gasteiger partial charge in [-0.05, 0) is 46.1 Å². The molecule has 4 rings (SSSR count). The molecule has 0 spiro atoms. The van der Waals surface area contributed by atoms with Crippen LogP contribution >= 0.6 is 0 Å². The predicted molar refractivity (Wildman–Crippen MR) is 146 cm³/mol. The molecule has 0 saturated heterocycles. The van der Waals surface area contributed by atoms with Gasteiger partial charge in [0.15, 0.2) is 0 Å². The number of nitro groups is 1. The van der Waals surface area contributed by atoms with Crippen molar-refractivity contribution >= 4 is 34.0 Å². The van der Waals surface area contributed by atoms with Crippen molar-refractivity contribution in [3.05, 3.63) is 59.0 Å². The Labute approximate surface area is 215 Å². The lowest BCUT2D eigenvalue weighted by Crippen LogP contribution is -2.28. The Morgan fingerprint density at radius 1 is 1.11 bits per heavy atom. The molecule has 0 unspecified atom stereocenters. The van der Waals surface area contributed by atoms with Crippen LogP contribution in [0.3, 0.4) is 0 Å². The lowest BCUT2D eigenvalue weighted by molar-refractivity contribution is -0.384. The van der Waals surface area contributed by atoms with E-state index in [1.165, 1.54) is 13.2 Å². The first kappa shape index (κ1) is 25.8. The number of hydrogen-bond acceptors (Lipinski definition) is 9. The molecule has 37 heavy (non-hydrogen) atoms. The van der Waals surface area contributed by atoms with Crippen LogP contribution in [-0.2, 0) is 0 Å². The number of rotatable bonds is 10. The van der Waals surface area contributed by atoms with Gasteiger partial charge in [0.25, 0.3) is 5.69 Å². The zero-order valence-corrected chi connectivity index (χ0v) is 22.0. The van der Waals surface area contributed by atoms with Gasteiger partial charge in [0.2, 0.25) is 5.95 Å². The number of nitrogens with zero attached hydrogens (tertiary/aromatic N) is 7. The van der Waals surface area contributed by atoms with Gasteiger partial charge in [-0.2, -0.15) is 0 Å². The van der Waals surface area contributed by atoms with Crippen molar-refractivity contribution in [3.63, 3.8) is 0 Å². The van der Waals surface area contributed by atoms with Gasteiger partial charge >= 0.3 is 0 Å². The van der Waals surface area contributed by atoms with Crippen molar-refractivity contribution in [1.82, 2.24) is 24.4 Å². The Bertz CT molecular complexity index is 1420. The fourth-order valence-corrected chi connectivity index (χ4v) is 4.04. The Balaban J connectivity index is 1.67. The number of benzene rings is 2. The van der Waals surface area contributed by atoms with Crippen LogP contribution in [0.25, 0.3) is 22.3 Å². The first-order valence-electron chi connectivity index (χ1n) is 12.0. The number of nitrogens with one attached hydrogen (secondary N) is 1. The predicted octanol–water partition coefficient (Wildman–Crippen LogP) is 4.73. The summed E-state index contributed by atoms with van der Waals surface area (Å²) in [6, 6.07) is 11.2. The zero-order chi connectivity index (χ0) is 26.7. The Kier molecular flexibility index (Phi) is 7.53. The molecule has 0 radical (unpaired) electrons. The number of fused-ring (bicyclic) bond motifs is 1. The molecule has 2 aromatic carbocycles. The number of likely N-dealkylation sites (N-methyl/N-ethyl adjacent to an activating group) is 2. The molecule has 0 aliphatic carbocycles. The maximum atomic E-state index is 11.9. The minimum atomic E-state index is -0.392. The van der Waals surface area contributed by atoms with Gasteiger partial charge in [-0.15, -0.1) is 0 Å². The highest BCUT2D eigenvalue weighted by Gasteiger charge is 2.22. The number of methoxy groups -OCH3 is 1. The third-order valence-corrected chi connectivity index (χ3v) is 6.12. The molecule has 0 bridgehead atoms. The molecule has 0 aliphatic heterocycles. The zero-order valence-electron chi connectivity index (χ0n) is 22.0. The van der Waals surface area contributed by atoms with Crippen LogP contribution in [0.15, 0.2) is 48.9 Å². The summed E-state index contributed by atoms with van der Waals surface area (Å²) in [5.74, 6) is 0.754. The normalized spacial score (nSPS) is 11.4. The maximum Gasteiger partial charge on any atom is 0.294 e. The van der Waals surface area contributed by atoms with Crippen LogP contribution in [0.1, 0.15) is 19.9 Å². The molecule has 0 fully saturated rings. The Morgan fingerprint density at radius 2 is 1.89 bits per heavy atom. The highest BCUT2D eigenvalue weighted by Crippen LogP contribution is 2.39. The van der Waals surface area contributed by atoms with Gasteiger partial charge < -0.3 is 24.4 Å². The monoisotopic (exact) mass is 504 g/mol. The van der Waals surface area contributed by atoms with Crippen molar-refractivity contribution in [3.8, 4) is 17.0 Å². The van der Waals surface area contributed by atoms with E-state index in [2.05, 4.69) is 44.7 Å². The molecule has 2 aromatic heterocycles. The lowest BCUT2D eigenvalue weighted by Gasteiger charge is -2.22. The van der Waals surface area contributed by atoms with E-state index < -0.39 is 4.92 Å². The molecule has 0 atom stereocenters. The summed E-state index contributed by atoms with van der Waals surface area (Å²) < 4.78 is 7.68. The summed E-state index contributed by atoms with van der Waals surface area (Å²) in [6.07, 6.45) is 3.49. The van der Waals surface area contributed by atoms with E-state index in [-0.39, 0.29) is 11.7 Å². The minimum absolute atomic E-state index is 0.0342. The minimum Gasteiger partial charge on any atom is -0.494 e. The molecule has 11 heteroatoms. The second-order valence-electron chi connectivity index (χ2n) is 9.36. The summed E-state index contributed by atoms with van der Waals surface area (Å²) in [6.45, 7) is 5.59. The van der Waals surface area contributed by atoms with Crippen LogP contribution in [0.5, 0.6) is 5.75 Å². The number of anilines is 3. The van der Waals surface area contributed by atoms with E-state index in [0.717, 1.165) is 23.1 Å². The van der Waals surface area contributed by atoms with Crippen molar-refractivity contribution in [2.45, 2.75) is 19.9 Å². The average molecular weight is 505 g/mol. The molecule has 194 valence electrons. The summed E-state index contributed by atoms with van der Waals surface area (Å²) in [5.41, 5.74) is 4.40. The molecule has 0 aliphatic rings. The number of ether oxygens (including phenoxy) is 1. The fraction of sp³-hybridized carbons (Fsp3) is 0.346. The van der Waals surface area contributed by atoms with Crippen molar-refractivity contribution in [2.24, 2.45) is 0 Å². The number of aromatic nitrogens is 4. The van der Waals surface area contributed by atoms with E-state index in [1.807, 2.05) is 55.5 Å². The number of hydrogen-bond donors (Lipinski definition) is 1. The van der Waals surface area contributed by atoms with Crippen LogP contribution in [0.2, 0.25) is 0 Å². The quantitative estimate of drug-likeness (QED) is 0.242. The second kappa shape index (κ2) is 10.8. The molecule has 1 N–H and O–H groups in total. The summed E-state index contributed by atoms with van der Waals surface area (Å²) in [4.78, 5) is 28.9. The van der Waals surface area contributed by atoms with Crippen LogP contribution < -0.4 is 15.0 Å². The van der Waals surface area contributed by atoms with Gasteiger partial charge in [0.1, 0.15) is 11.4 Å². The van der Waals surface area contributed by atoms with Crippen molar-refractivity contribution in [1.29, 1.82) is 0 Å². The molecule has 11 nitrogen and oxygen atoms in total. The first-order valence-corrected chi connectivity index (χ1v) is 12.0. The summed E-state index contributed by atoms with van der Waals surface area (Å²) in [7, 11) is 7.27. The van der Waals surface area contributed by atoms with E-state index >= 15 is 0 Å². The number of nitro benzene ring substituents is 1. The second-order valence-corrected chi connectivity index (χ2v) is 9.36. The van der Waals surface area contributed by atoms with E-state index in [1.54, 1.807) is 12.3 Å². The van der Waals surface area contributed by atoms with Gasteiger partial charge in [-0.1, -0.05) is 6.07 Å². The van der Waals surface area contributed by atoms with E-state index in [9.17, 15) is 10.1 Å². The summed E-state index contributed by atoms with van der Waals surface area (Å²) in [5, 5.41) is 15.0. The van der Waals surface area contributed by atoms with E-state index in [0.29, 0.717) is 35.3 Å². The topological polar surface area (TPSA) is 114 Å². The standard InChI is InChI=1S/C26H32N8O3/c1-17(2)33-16-28-20-8-7-18(13-22(20)33)19-9-10-27-26(29-19)30-21-14-24(34(35)36)23(15-25(21)37-6)32(5)12-11-31(3)4/h7-10,13-17H,11-12H2,1-6H3,(H,27,29,30). The van der Waals surface area contributed by atoms with Crippen LogP contribution in [0, 0.1) is 10.1 Å². The molecule has 2 heterocycles. The van der Waals surface area contributed by atoms with Gasteiger partial charge in [0, 0.05) is 50.1 Å². The molecule has 0 saturated carbocycles. The highest BCUT2D eigenvalue weighted by molar-refractivity contribution is 5.82. The van der Waals surface area contributed by atoms with Crippen molar-refractivity contribution < 1.29 is 9.66 Å². The third-order valence-electron chi connectivity index (χ3n) is 6.12.